The fourth-order valence-electron chi connectivity index (χ4n) is 2.60. The van der Waals surface area contributed by atoms with Gasteiger partial charge in [-0.2, -0.15) is 0 Å². The van der Waals surface area contributed by atoms with E-state index in [2.05, 4.69) is 34.7 Å². The minimum atomic E-state index is 0.388. The van der Waals surface area contributed by atoms with Crippen LogP contribution in [0, 0.1) is 0 Å². The van der Waals surface area contributed by atoms with Gasteiger partial charge in [0.15, 0.2) is 5.96 Å². The molecule has 0 amide bonds. The minimum absolute atomic E-state index is 0.388. The Kier molecular flexibility index (Phi) is 7.60. The molecule has 21 heavy (non-hydrogen) atoms. The first kappa shape index (κ1) is 16.3. The molecule has 1 aliphatic carbocycles. The molecule has 1 aliphatic heterocycles. The molecule has 1 fully saturated rings. The maximum atomic E-state index is 5.86. The molecule has 0 aromatic heterocycles. The molecule has 5 heteroatoms. The van der Waals surface area contributed by atoms with Gasteiger partial charge in [0.2, 0.25) is 0 Å². The van der Waals surface area contributed by atoms with Crippen LogP contribution in [0.5, 0.6) is 0 Å². The lowest BCUT2D eigenvalue weighted by Gasteiger charge is -2.22. The second-order valence-corrected chi connectivity index (χ2v) is 5.58. The number of aliphatic imine (C=N–C) groups is 1. The number of nitrogens with one attached hydrogen (secondary N) is 2. The average molecular weight is 295 g/mol. The number of guanidine groups is 1. The zero-order chi connectivity index (χ0) is 14.8. The van der Waals surface area contributed by atoms with Crippen molar-refractivity contribution in [3.05, 3.63) is 12.2 Å². The van der Waals surface area contributed by atoms with Crippen molar-refractivity contribution < 1.29 is 9.47 Å². The summed E-state index contributed by atoms with van der Waals surface area (Å²) in [6.45, 7) is 6.26. The molecule has 0 atom stereocenters. The minimum Gasteiger partial charge on any atom is -0.381 e. The molecular weight excluding hydrogens is 266 g/mol. The maximum Gasteiger partial charge on any atom is 0.191 e. The highest BCUT2D eigenvalue weighted by Crippen LogP contribution is 2.11. The first-order chi connectivity index (χ1) is 10.4. The van der Waals surface area contributed by atoms with Crippen LogP contribution in [-0.4, -0.2) is 51.0 Å². The Morgan fingerprint density at radius 2 is 2.05 bits per heavy atom. The van der Waals surface area contributed by atoms with Gasteiger partial charge >= 0.3 is 0 Å². The molecule has 0 unspecified atom stereocenters. The second kappa shape index (κ2) is 9.79. The molecule has 120 valence electrons. The van der Waals surface area contributed by atoms with E-state index in [0.29, 0.717) is 12.1 Å². The van der Waals surface area contributed by atoms with Crippen LogP contribution in [0.2, 0.25) is 0 Å². The van der Waals surface area contributed by atoms with E-state index in [9.17, 15) is 0 Å². The third-order valence-electron chi connectivity index (χ3n) is 3.79. The predicted octanol–water partition coefficient (Wildman–Crippen LogP) is 1.85. The van der Waals surface area contributed by atoms with Crippen molar-refractivity contribution in [2.24, 2.45) is 4.99 Å². The first-order valence-corrected chi connectivity index (χ1v) is 8.27. The van der Waals surface area contributed by atoms with Crippen molar-refractivity contribution in [3.63, 3.8) is 0 Å². The molecule has 0 spiro atoms. The van der Waals surface area contributed by atoms with Crippen LogP contribution in [0.25, 0.3) is 0 Å². The Balaban J connectivity index is 1.59. The quantitative estimate of drug-likeness (QED) is 0.326. The smallest absolute Gasteiger partial charge is 0.191 e. The van der Waals surface area contributed by atoms with Gasteiger partial charge in [0.25, 0.3) is 0 Å². The van der Waals surface area contributed by atoms with Gasteiger partial charge in [0.1, 0.15) is 0 Å². The van der Waals surface area contributed by atoms with Crippen LogP contribution in [0.4, 0.5) is 0 Å². The summed E-state index contributed by atoms with van der Waals surface area (Å²) in [4.78, 5) is 4.62. The van der Waals surface area contributed by atoms with Crippen LogP contribution in [-0.2, 0) is 9.47 Å². The lowest BCUT2D eigenvalue weighted by Crippen LogP contribution is -2.42. The number of rotatable bonds is 7. The van der Waals surface area contributed by atoms with E-state index in [1.54, 1.807) is 0 Å². The fourth-order valence-corrected chi connectivity index (χ4v) is 2.60. The summed E-state index contributed by atoms with van der Waals surface area (Å²) >= 11 is 0. The van der Waals surface area contributed by atoms with Crippen molar-refractivity contribution in [1.82, 2.24) is 10.6 Å². The number of ether oxygens (including phenoxy) is 2. The Hall–Kier alpha value is -1.07. The predicted molar refractivity (Wildman–Crippen MR) is 85.7 cm³/mol. The van der Waals surface area contributed by atoms with Crippen molar-refractivity contribution >= 4 is 5.96 Å². The lowest BCUT2D eigenvalue weighted by molar-refractivity contribution is -0.0318. The Morgan fingerprint density at radius 1 is 1.29 bits per heavy atom. The summed E-state index contributed by atoms with van der Waals surface area (Å²) in [5, 5.41) is 6.78. The molecule has 2 rings (SSSR count). The Labute approximate surface area is 128 Å². The zero-order valence-electron chi connectivity index (χ0n) is 13.1. The Bertz CT molecular complexity index is 330. The van der Waals surface area contributed by atoms with Gasteiger partial charge in [-0.25, -0.2) is 0 Å². The highest BCUT2D eigenvalue weighted by Gasteiger charge is 2.13. The summed E-state index contributed by atoms with van der Waals surface area (Å²) in [5.74, 6) is 0.928. The van der Waals surface area contributed by atoms with E-state index in [-0.39, 0.29) is 0 Å². The summed E-state index contributed by atoms with van der Waals surface area (Å²) in [7, 11) is 0. The molecule has 2 N–H and O–H groups in total. The first-order valence-electron chi connectivity index (χ1n) is 8.27. The van der Waals surface area contributed by atoms with Gasteiger partial charge < -0.3 is 20.1 Å². The number of hydrogen-bond acceptors (Lipinski definition) is 3. The highest BCUT2D eigenvalue weighted by atomic mass is 16.5. The standard InChI is InChI=1S/C16H29N3O2/c1-2-17-16(19-14-6-3-4-7-14)18-10-5-11-21-15-8-12-20-13-9-15/h3-4,14-15H,2,5-13H2,1H3,(H2,17,18,19). The van der Waals surface area contributed by atoms with Gasteiger partial charge in [-0.05, 0) is 39.0 Å². The molecule has 0 aromatic rings. The normalized spacial score (nSPS) is 20.9. The van der Waals surface area contributed by atoms with E-state index in [4.69, 9.17) is 9.47 Å². The summed E-state index contributed by atoms with van der Waals surface area (Å²) in [6, 6.07) is 0.501. The van der Waals surface area contributed by atoms with Crippen LogP contribution in [0.3, 0.4) is 0 Å². The third kappa shape index (κ3) is 6.48. The summed E-state index contributed by atoms with van der Waals surface area (Å²) in [6.07, 6.45) is 10.1. The van der Waals surface area contributed by atoms with Gasteiger partial charge in [-0.3, -0.25) is 4.99 Å². The summed E-state index contributed by atoms with van der Waals surface area (Å²) < 4.78 is 11.2. The van der Waals surface area contributed by atoms with E-state index in [1.807, 2.05) is 0 Å². The molecule has 2 aliphatic rings. The van der Waals surface area contributed by atoms with E-state index >= 15 is 0 Å². The lowest BCUT2D eigenvalue weighted by atomic mass is 10.1. The van der Waals surface area contributed by atoms with Gasteiger partial charge in [0, 0.05) is 39.0 Å². The summed E-state index contributed by atoms with van der Waals surface area (Å²) in [5.41, 5.74) is 0. The van der Waals surface area contributed by atoms with E-state index in [0.717, 1.165) is 71.0 Å². The largest absolute Gasteiger partial charge is 0.381 e. The molecule has 1 saturated heterocycles. The van der Waals surface area contributed by atoms with Crippen molar-refractivity contribution in [1.29, 1.82) is 0 Å². The van der Waals surface area contributed by atoms with Crippen LogP contribution in [0.15, 0.2) is 17.1 Å². The molecule has 0 bridgehead atoms. The van der Waals surface area contributed by atoms with E-state index < -0.39 is 0 Å². The zero-order valence-corrected chi connectivity index (χ0v) is 13.1. The van der Waals surface area contributed by atoms with Crippen molar-refractivity contribution in [2.75, 3.05) is 32.9 Å². The van der Waals surface area contributed by atoms with Crippen molar-refractivity contribution in [3.8, 4) is 0 Å². The van der Waals surface area contributed by atoms with E-state index in [1.165, 1.54) is 0 Å². The molecule has 5 nitrogen and oxygen atoms in total. The monoisotopic (exact) mass is 295 g/mol. The topological polar surface area (TPSA) is 54.9 Å². The molecule has 0 radical (unpaired) electrons. The van der Waals surface area contributed by atoms with Gasteiger partial charge in [-0.1, -0.05) is 12.2 Å². The van der Waals surface area contributed by atoms with Crippen LogP contribution < -0.4 is 10.6 Å². The SMILES string of the molecule is CCNC(=NCCCOC1CCOCC1)NC1CC=CC1. The molecule has 1 heterocycles. The highest BCUT2D eigenvalue weighted by molar-refractivity contribution is 5.80. The number of nitrogens with zero attached hydrogens (tertiary/aromatic N) is 1. The maximum absolute atomic E-state index is 5.86. The Morgan fingerprint density at radius 3 is 2.76 bits per heavy atom. The van der Waals surface area contributed by atoms with Crippen LogP contribution in [0.1, 0.15) is 39.0 Å². The molecular formula is C16H29N3O2. The second-order valence-electron chi connectivity index (χ2n) is 5.58. The van der Waals surface area contributed by atoms with Crippen molar-refractivity contribution in [2.45, 2.75) is 51.2 Å². The van der Waals surface area contributed by atoms with Gasteiger partial charge in [0.05, 0.1) is 6.10 Å². The van der Waals surface area contributed by atoms with Gasteiger partial charge in [-0.15, -0.1) is 0 Å². The average Bonchev–Trinajstić information content (AvgIpc) is 3.01. The van der Waals surface area contributed by atoms with Crippen LogP contribution >= 0.6 is 0 Å². The molecule has 0 saturated carbocycles. The third-order valence-corrected chi connectivity index (χ3v) is 3.79. The number of hydrogen-bond donors (Lipinski definition) is 2. The fraction of sp³-hybridized carbons (Fsp3) is 0.812. The molecule has 0 aromatic carbocycles.